The third-order valence-electron chi connectivity index (χ3n) is 6.13. The Balaban J connectivity index is 1.59. The summed E-state index contributed by atoms with van der Waals surface area (Å²) in [6, 6.07) is 6.03. The smallest absolute Gasteiger partial charge is 0.225 e. The van der Waals surface area contributed by atoms with Gasteiger partial charge in [0.1, 0.15) is 5.82 Å². The maximum Gasteiger partial charge on any atom is 0.225 e. The number of aryl methyl sites for hydroxylation is 2. The summed E-state index contributed by atoms with van der Waals surface area (Å²) < 4.78 is 25.9. The molecule has 1 aromatic heterocycles. The number of amides is 1. The molecule has 1 aliphatic heterocycles. The van der Waals surface area contributed by atoms with Crippen LogP contribution in [0.25, 0.3) is 5.69 Å². The SMILES string of the molecule is Cc1ccc(-n2nc3c(c2NC(=O)CCC2CCCCC2)CS(=O)(=O)C3)c(C)c1. The number of nitrogens with zero attached hydrogens (tertiary/aromatic N) is 2. The number of carbonyl (C=O) groups excluding carboxylic acids is 1. The molecule has 6 nitrogen and oxygen atoms in total. The maximum absolute atomic E-state index is 12.7. The van der Waals surface area contributed by atoms with E-state index >= 15 is 0 Å². The topological polar surface area (TPSA) is 81.1 Å². The third kappa shape index (κ3) is 4.39. The lowest BCUT2D eigenvalue weighted by Gasteiger charge is -2.21. The average molecular weight is 416 g/mol. The predicted octanol–water partition coefficient (Wildman–Crippen LogP) is 4.22. The summed E-state index contributed by atoms with van der Waals surface area (Å²) in [5, 5.41) is 7.58. The van der Waals surface area contributed by atoms with Crippen molar-refractivity contribution in [3.05, 3.63) is 40.6 Å². The van der Waals surface area contributed by atoms with Gasteiger partial charge in [-0.05, 0) is 37.8 Å². The van der Waals surface area contributed by atoms with E-state index in [1.165, 1.54) is 32.1 Å². The normalized spacial score (nSPS) is 18.6. The first-order valence-corrected chi connectivity index (χ1v) is 12.3. The monoisotopic (exact) mass is 415 g/mol. The third-order valence-corrected chi connectivity index (χ3v) is 7.57. The highest BCUT2D eigenvalue weighted by Gasteiger charge is 2.33. The molecule has 2 heterocycles. The second kappa shape index (κ2) is 7.94. The molecule has 0 unspecified atom stereocenters. The van der Waals surface area contributed by atoms with Crippen molar-refractivity contribution in [1.29, 1.82) is 0 Å². The molecular formula is C22H29N3O3S. The molecule has 1 amide bonds. The maximum atomic E-state index is 12.7. The summed E-state index contributed by atoms with van der Waals surface area (Å²) in [6.45, 7) is 4.03. The van der Waals surface area contributed by atoms with Crippen LogP contribution in [0.1, 0.15) is 67.3 Å². The van der Waals surface area contributed by atoms with E-state index in [-0.39, 0.29) is 17.4 Å². The van der Waals surface area contributed by atoms with Crippen LogP contribution in [0.3, 0.4) is 0 Å². The number of hydrogen-bond donors (Lipinski definition) is 1. The van der Waals surface area contributed by atoms with Gasteiger partial charge in [-0.2, -0.15) is 5.10 Å². The molecule has 0 spiro atoms. The molecule has 0 saturated heterocycles. The van der Waals surface area contributed by atoms with Crippen molar-refractivity contribution >= 4 is 21.6 Å². The van der Waals surface area contributed by atoms with Crippen molar-refractivity contribution in [3.63, 3.8) is 0 Å². The van der Waals surface area contributed by atoms with Gasteiger partial charge in [0.25, 0.3) is 0 Å². The van der Waals surface area contributed by atoms with Crippen molar-refractivity contribution in [2.45, 2.75) is 70.3 Å². The van der Waals surface area contributed by atoms with E-state index in [9.17, 15) is 13.2 Å². The minimum Gasteiger partial charge on any atom is -0.310 e. The van der Waals surface area contributed by atoms with Gasteiger partial charge in [-0.25, -0.2) is 13.1 Å². The van der Waals surface area contributed by atoms with Crippen LogP contribution >= 0.6 is 0 Å². The van der Waals surface area contributed by atoms with Crippen LogP contribution in [-0.2, 0) is 26.1 Å². The summed E-state index contributed by atoms with van der Waals surface area (Å²) in [6.07, 6.45) is 7.60. The highest BCUT2D eigenvalue weighted by molar-refractivity contribution is 7.90. The van der Waals surface area contributed by atoms with Crippen LogP contribution in [0.15, 0.2) is 18.2 Å². The van der Waals surface area contributed by atoms with Gasteiger partial charge in [0, 0.05) is 12.0 Å². The fraction of sp³-hybridized carbons (Fsp3) is 0.545. The quantitative estimate of drug-likeness (QED) is 0.793. The molecule has 1 aromatic carbocycles. The van der Waals surface area contributed by atoms with E-state index in [0.29, 0.717) is 29.4 Å². The number of carbonyl (C=O) groups is 1. The Morgan fingerprint density at radius 2 is 1.93 bits per heavy atom. The Morgan fingerprint density at radius 3 is 2.66 bits per heavy atom. The Hall–Kier alpha value is -2.15. The Morgan fingerprint density at radius 1 is 1.17 bits per heavy atom. The second-order valence-corrected chi connectivity index (χ2v) is 10.7. The van der Waals surface area contributed by atoms with Gasteiger partial charge in [0.15, 0.2) is 9.84 Å². The number of nitrogens with one attached hydrogen (secondary N) is 1. The molecule has 2 aliphatic rings. The van der Waals surface area contributed by atoms with Gasteiger partial charge in [0.05, 0.1) is 22.9 Å². The largest absolute Gasteiger partial charge is 0.310 e. The standard InChI is InChI=1S/C22H29N3O3S/c1-15-8-10-20(16(2)12-15)25-22(18-13-29(27,28)14-19(18)24-25)23-21(26)11-9-17-6-4-3-5-7-17/h8,10,12,17H,3-7,9,11,13-14H2,1-2H3,(H,23,26). The molecule has 0 atom stereocenters. The highest BCUT2D eigenvalue weighted by atomic mass is 32.2. The molecular weight excluding hydrogens is 386 g/mol. The number of sulfone groups is 1. The molecule has 1 N–H and O–H groups in total. The second-order valence-electron chi connectivity index (χ2n) is 8.60. The molecule has 1 fully saturated rings. The van der Waals surface area contributed by atoms with Crippen LogP contribution < -0.4 is 5.32 Å². The number of anilines is 1. The Kier molecular flexibility index (Phi) is 5.51. The zero-order valence-electron chi connectivity index (χ0n) is 17.2. The molecule has 1 saturated carbocycles. The minimum absolute atomic E-state index is 0.0615. The molecule has 29 heavy (non-hydrogen) atoms. The molecule has 7 heteroatoms. The van der Waals surface area contributed by atoms with Crippen molar-refractivity contribution in [1.82, 2.24) is 9.78 Å². The van der Waals surface area contributed by atoms with Gasteiger partial charge >= 0.3 is 0 Å². The van der Waals surface area contributed by atoms with Crippen molar-refractivity contribution in [3.8, 4) is 5.69 Å². The van der Waals surface area contributed by atoms with E-state index in [2.05, 4.69) is 16.5 Å². The molecule has 0 radical (unpaired) electrons. The molecule has 156 valence electrons. The number of hydrogen-bond acceptors (Lipinski definition) is 4. The van der Waals surface area contributed by atoms with Crippen LogP contribution in [0.4, 0.5) is 5.82 Å². The van der Waals surface area contributed by atoms with Crippen molar-refractivity contribution < 1.29 is 13.2 Å². The number of rotatable bonds is 5. The fourth-order valence-electron chi connectivity index (χ4n) is 4.59. The van der Waals surface area contributed by atoms with E-state index in [0.717, 1.165) is 23.2 Å². The lowest BCUT2D eigenvalue weighted by Crippen LogP contribution is -2.18. The predicted molar refractivity (Wildman–Crippen MR) is 114 cm³/mol. The van der Waals surface area contributed by atoms with E-state index in [1.54, 1.807) is 4.68 Å². The van der Waals surface area contributed by atoms with Crippen LogP contribution in [0.2, 0.25) is 0 Å². The van der Waals surface area contributed by atoms with Crippen molar-refractivity contribution in [2.75, 3.05) is 5.32 Å². The van der Waals surface area contributed by atoms with Crippen LogP contribution in [-0.4, -0.2) is 24.1 Å². The molecule has 1 aliphatic carbocycles. The first-order chi connectivity index (χ1) is 13.8. The summed E-state index contributed by atoms with van der Waals surface area (Å²) in [5.41, 5.74) is 4.23. The summed E-state index contributed by atoms with van der Waals surface area (Å²) in [5.74, 6) is 0.955. The van der Waals surface area contributed by atoms with Gasteiger partial charge < -0.3 is 5.32 Å². The minimum atomic E-state index is -3.19. The van der Waals surface area contributed by atoms with Crippen molar-refractivity contribution in [2.24, 2.45) is 5.92 Å². The average Bonchev–Trinajstić information content (AvgIpc) is 3.13. The lowest BCUT2D eigenvalue weighted by molar-refractivity contribution is -0.116. The zero-order valence-corrected chi connectivity index (χ0v) is 18.0. The number of benzene rings is 1. The summed E-state index contributed by atoms with van der Waals surface area (Å²) in [7, 11) is -3.19. The Labute approximate surface area is 172 Å². The highest BCUT2D eigenvalue weighted by Crippen LogP contribution is 2.34. The van der Waals surface area contributed by atoms with Crippen LogP contribution in [0, 0.1) is 19.8 Å². The number of fused-ring (bicyclic) bond motifs is 1. The van der Waals surface area contributed by atoms with E-state index in [1.807, 2.05) is 26.0 Å². The summed E-state index contributed by atoms with van der Waals surface area (Å²) >= 11 is 0. The fourth-order valence-corrected chi connectivity index (χ4v) is 6.09. The zero-order chi connectivity index (χ0) is 20.6. The first-order valence-electron chi connectivity index (χ1n) is 10.5. The number of aromatic nitrogens is 2. The lowest BCUT2D eigenvalue weighted by atomic mass is 9.86. The van der Waals surface area contributed by atoms with E-state index in [4.69, 9.17) is 0 Å². The van der Waals surface area contributed by atoms with E-state index < -0.39 is 9.84 Å². The van der Waals surface area contributed by atoms with Gasteiger partial charge in [-0.15, -0.1) is 0 Å². The Bertz CT molecular complexity index is 1030. The summed E-state index contributed by atoms with van der Waals surface area (Å²) in [4.78, 5) is 12.7. The van der Waals surface area contributed by atoms with Gasteiger partial charge in [0.2, 0.25) is 5.91 Å². The first kappa shape index (κ1) is 20.1. The molecule has 0 bridgehead atoms. The van der Waals surface area contributed by atoms with Crippen LogP contribution in [0.5, 0.6) is 0 Å². The van der Waals surface area contributed by atoms with Gasteiger partial charge in [-0.3, -0.25) is 4.79 Å². The molecule has 2 aromatic rings. The van der Waals surface area contributed by atoms with Gasteiger partial charge in [-0.1, -0.05) is 49.8 Å². The molecule has 4 rings (SSSR count).